The Morgan fingerprint density at radius 3 is 2.88 bits per heavy atom. The molecule has 84 valence electrons. The van der Waals surface area contributed by atoms with E-state index in [-0.39, 0.29) is 11.5 Å². The molecule has 0 aromatic carbocycles. The number of pyridine rings is 1. The van der Waals surface area contributed by atoms with Gasteiger partial charge in [0, 0.05) is 17.9 Å². The van der Waals surface area contributed by atoms with Crippen molar-refractivity contribution >= 4 is 11.7 Å². The Hall–Kier alpha value is -1.78. The van der Waals surface area contributed by atoms with Crippen molar-refractivity contribution in [2.24, 2.45) is 0 Å². The van der Waals surface area contributed by atoms with Crippen molar-refractivity contribution in [2.45, 2.75) is 25.2 Å². The predicted octanol–water partition coefficient (Wildman–Crippen LogP) is 1.17. The van der Waals surface area contributed by atoms with Crippen LogP contribution in [0.5, 0.6) is 5.88 Å². The van der Waals surface area contributed by atoms with E-state index in [1.807, 2.05) is 0 Å². The summed E-state index contributed by atoms with van der Waals surface area (Å²) in [6.07, 6.45) is 2.64. The molecular formula is C11H12N2O3. The van der Waals surface area contributed by atoms with Crippen molar-refractivity contribution in [2.75, 3.05) is 12.3 Å². The number of nitrogen functional groups attached to an aromatic ring is 1. The third kappa shape index (κ3) is 1.24. The Kier molecular flexibility index (Phi) is 1.83. The van der Waals surface area contributed by atoms with E-state index in [2.05, 4.69) is 4.98 Å². The van der Waals surface area contributed by atoms with Crippen LogP contribution < -0.4 is 10.5 Å². The van der Waals surface area contributed by atoms with Gasteiger partial charge in [-0.1, -0.05) is 0 Å². The summed E-state index contributed by atoms with van der Waals surface area (Å²) in [6, 6.07) is 0. The third-order valence-corrected chi connectivity index (χ3v) is 3.10. The van der Waals surface area contributed by atoms with E-state index in [1.54, 1.807) is 0 Å². The largest absolute Gasteiger partial charge is 0.478 e. The molecular weight excluding hydrogens is 208 g/mol. The molecule has 2 aliphatic rings. The van der Waals surface area contributed by atoms with Crippen LogP contribution in [0, 0.1) is 0 Å². The number of carboxylic acid groups (broad SMARTS) is 1. The number of aromatic carboxylic acids is 1. The standard InChI is InChI=1S/C11H12N2O3/c12-8-6-3-4-16-10(6)13-9(5-1-2-5)7(8)11(14)15/h5H,1-4H2,(H2,12,13)(H,14,15). The molecule has 1 aromatic heterocycles. The highest BCUT2D eigenvalue weighted by Crippen LogP contribution is 2.44. The van der Waals surface area contributed by atoms with Gasteiger partial charge in [-0.3, -0.25) is 0 Å². The van der Waals surface area contributed by atoms with Crippen LogP contribution in [0.15, 0.2) is 0 Å². The highest BCUT2D eigenvalue weighted by Gasteiger charge is 2.34. The zero-order chi connectivity index (χ0) is 11.3. The Balaban J connectivity index is 2.23. The summed E-state index contributed by atoms with van der Waals surface area (Å²) >= 11 is 0. The maximum atomic E-state index is 11.2. The Morgan fingerprint density at radius 2 is 2.25 bits per heavy atom. The molecule has 2 heterocycles. The summed E-state index contributed by atoms with van der Waals surface area (Å²) in [5.74, 6) is -0.200. The second kappa shape index (κ2) is 3.10. The smallest absolute Gasteiger partial charge is 0.339 e. The second-order valence-corrected chi connectivity index (χ2v) is 4.25. The summed E-state index contributed by atoms with van der Waals surface area (Å²) in [5, 5.41) is 9.19. The fourth-order valence-electron chi connectivity index (χ4n) is 2.12. The first-order valence-corrected chi connectivity index (χ1v) is 5.37. The summed E-state index contributed by atoms with van der Waals surface area (Å²) in [4.78, 5) is 15.5. The lowest BCUT2D eigenvalue weighted by molar-refractivity contribution is 0.0696. The molecule has 1 aliphatic carbocycles. The van der Waals surface area contributed by atoms with Gasteiger partial charge in [0.05, 0.1) is 18.0 Å². The van der Waals surface area contributed by atoms with Crippen LogP contribution in [0.25, 0.3) is 0 Å². The number of hydrogen-bond donors (Lipinski definition) is 2. The number of hydrogen-bond acceptors (Lipinski definition) is 4. The quantitative estimate of drug-likeness (QED) is 0.781. The van der Waals surface area contributed by atoms with Crippen molar-refractivity contribution in [1.29, 1.82) is 0 Å². The van der Waals surface area contributed by atoms with Gasteiger partial charge in [-0.05, 0) is 12.8 Å². The number of nitrogens with zero attached hydrogens (tertiary/aromatic N) is 1. The zero-order valence-electron chi connectivity index (χ0n) is 8.69. The van der Waals surface area contributed by atoms with Gasteiger partial charge in [0.1, 0.15) is 5.56 Å². The van der Waals surface area contributed by atoms with Crippen molar-refractivity contribution in [3.8, 4) is 5.88 Å². The van der Waals surface area contributed by atoms with Crippen molar-refractivity contribution in [1.82, 2.24) is 4.98 Å². The number of rotatable bonds is 2. The molecule has 1 saturated carbocycles. The van der Waals surface area contributed by atoms with E-state index >= 15 is 0 Å². The van der Waals surface area contributed by atoms with E-state index in [9.17, 15) is 9.90 Å². The molecule has 0 amide bonds. The number of carbonyl (C=O) groups is 1. The fraction of sp³-hybridized carbons (Fsp3) is 0.455. The average molecular weight is 220 g/mol. The van der Waals surface area contributed by atoms with Gasteiger partial charge >= 0.3 is 5.97 Å². The topological polar surface area (TPSA) is 85.4 Å². The Morgan fingerprint density at radius 1 is 1.50 bits per heavy atom. The molecule has 0 radical (unpaired) electrons. The molecule has 0 saturated heterocycles. The van der Waals surface area contributed by atoms with Gasteiger partial charge in [0.15, 0.2) is 0 Å². The van der Waals surface area contributed by atoms with Gasteiger partial charge in [0.25, 0.3) is 0 Å². The highest BCUT2D eigenvalue weighted by molar-refractivity contribution is 5.96. The molecule has 16 heavy (non-hydrogen) atoms. The minimum atomic E-state index is -0.985. The molecule has 1 aliphatic heterocycles. The maximum Gasteiger partial charge on any atom is 0.339 e. The molecule has 1 aromatic rings. The van der Waals surface area contributed by atoms with Crippen LogP contribution >= 0.6 is 0 Å². The molecule has 0 unspecified atom stereocenters. The van der Waals surface area contributed by atoms with Crippen molar-refractivity contribution in [3.05, 3.63) is 16.8 Å². The van der Waals surface area contributed by atoms with E-state index < -0.39 is 5.97 Å². The number of aromatic nitrogens is 1. The maximum absolute atomic E-state index is 11.2. The first-order chi connectivity index (χ1) is 7.68. The number of anilines is 1. The minimum Gasteiger partial charge on any atom is -0.478 e. The Bertz CT molecular complexity index is 481. The van der Waals surface area contributed by atoms with Gasteiger partial charge in [-0.2, -0.15) is 0 Å². The molecule has 3 N–H and O–H groups in total. The molecule has 0 bridgehead atoms. The van der Waals surface area contributed by atoms with Gasteiger partial charge in [0.2, 0.25) is 5.88 Å². The molecule has 3 rings (SSSR count). The van der Waals surface area contributed by atoms with Crippen LogP contribution in [0.1, 0.15) is 40.4 Å². The monoisotopic (exact) mass is 220 g/mol. The first kappa shape index (κ1) is 9.45. The van der Waals surface area contributed by atoms with Crippen LogP contribution in [0.4, 0.5) is 5.69 Å². The lowest BCUT2D eigenvalue weighted by Gasteiger charge is -2.10. The molecule has 5 heteroatoms. The third-order valence-electron chi connectivity index (χ3n) is 3.10. The summed E-state index contributed by atoms with van der Waals surface area (Å²) in [6.45, 7) is 0.541. The van der Waals surface area contributed by atoms with E-state index in [0.29, 0.717) is 30.3 Å². The van der Waals surface area contributed by atoms with Gasteiger partial charge < -0.3 is 15.6 Å². The zero-order valence-corrected chi connectivity index (χ0v) is 8.69. The minimum absolute atomic E-state index is 0.187. The van der Waals surface area contributed by atoms with E-state index in [1.165, 1.54) is 0 Å². The lowest BCUT2D eigenvalue weighted by atomic mass is 10.0. The fourth-order valence-corrected chi connectivity index (χ4v) is 2.12. The lowest BCUT2D eigenvalue weighted by Crippen LogP contribution is -2.10. The van der Waals surface area contributed by atoms with E-state index in [0.717, 1.165) is 18.4 Å². The van der Waals surface area contributed by atoms with Gasteiger partial charge in [-0.15, -0.1) is 0 Å². The average Bonchev–Trinajstić information content (AvgIpc) is 2.96. The van der Waals surface area contributed by atoms with Crippen LogP contribution in [0.2, 0.25) is 0 Å². The molecule has 0 spiro atoms. The Labute approximate surface area is 92.2 Å². The van der Waals surface area contributed by atoms with Crippen molar-refractivity contribution in [3.63, 3.8) is 0 Å². The van der Waals surface area contributed by atoms with Crippen molar-refractivity contribution < 1.29 is 14.6 Å². The van der Waals surface area contributed by atoms with Gasteiger partial charge in [-0.25, -0.2) is 9.78 Å². The summed E-state index contributed by atoms with van der Waals surface area (Å²) in [7, 11) is 0. The summed E-state index contributed by atoms with van der Waals surface area (Å²) < 4.78 is 5.35. The first-order valence-electron chi connectivity index (χ1n) is 5.37. The van der Waals surface area contributed by atoms with E-state index in [4.69, 9.17) is 10.5 Å². The second-order valence-electron chi connectivity index (χ2n) is 4.25. The normalized spacial score (nSPS) is 18.0. The highest BCUT2D eigenvalue weighted by atomic mass is 16.5. The van der Waals surface area contributed by atoms with Crippen LogP contribution in [0.3, 0.4) is 0 Å². The molecule has 1 fully saturated rings. The number of nitrogens with two attached hydrogens (primary N) is 1. The summed E-state index contributed by atoms with van der Waals surface area (Å²) in [5.41, 5.74) is 7.79. The van der Waals surface area contributed by atoms with Crippen LogP contribution in [-0.2, 0) is 6.42 Å². The number of fused-ring (bicyclic) bond motifs is 1. The van der Waals surface area contributed by atoms with Crippen LogP contribution in [-0.4, -0.2) is 22.7 Å². The predicted molar refractivity (Wildman–Crippen MR) is 56.8 cm³/mol. The number of carboxylic acids is 1. The SMILES string of the molecule is Nc1c2c(nc(C3CC3)c1C(=O)O)OCC2. The number of ether oxygens (including phenoxy) is 1. The molecule has 5 nitrogen and oxygen atoms in total. The molecule has 0 atom stereocenters.